The van der Waals surface area contributed by atoms with Crippen molar-refractivity contribution in [2.45, 2.75) is 6.42 Å². The Morgan fingerprint density at radius 3 is 2.19 bits per heavy atom. The standard InChI is InChI=1S/C17H18O4/c1-20-15-8-4-14(5-9-15)17(19)12-21-16-6-2-13(3-7-16)10-11-18/h2-9,18H,10-12H2,1H3. The molecule has 0 aliphatic carbocycles. The molecule has 21 heavy (non-hydrogen) atoms. The maximum Gasteiger partial charge on any atom is 0.200 e. The van der Waals surface area contributed by atoms with Gasteiger partial charge in [-0.25, -0.2) is 0 Å². The van der Waals surface area contributed by atoms with Gasteiger partial charge in [0.15, 0.2) is 12.4 Å². The Morgan fingerprint density at radius 2 is 1.62 bits per heavy atom. The Morgan fingerprint density at radius 1 is 1.00 bits per heavy atom. The van der Waals surface area contributed by atoms with Gasteiger partial charge < -0.3 is 14.6 Å². The molecular formula is C17H18O4. The zero-order valence-corrected chi connectivity index (χ0v) is 11.9. The molecule has 1 N–H and O–H groups in total. The molecule has 110 valence electrons. The highest BCUT2D eigenvalue weighted by Gasteiger charge is 2.07. The first kappa shape index (κ1) is 15.1. The van der Waals surface area contributed by atoms with E-state index in [1.54, 1.807) is 43.5 Å². The summed E-state index contributed by atoms with van der Waals surface area (Å²) in [7, 11) is 1.58. The molecule has 0 bridgehead atoms. The summed E-state index contributed by atoms with van der Waals surface area (Å²) in [4.78, 5) is 12.0. The fourth-order valence-corrected chi connectivity index (χ4v) is 1.89. The molecule has 0 spiro atoms. The van der Waals surface area contributed by atoms with E-state index in [1.807, 2.05) is 12.1 Å². The van der Waals surface area contributed by atoms with Crippen molar-refractivity contribution < 1.29 is 19.4 Å². The summed E-state index contributed by atoms with van der Waals surface area (Å²) in [6, 6.07) is 14.3. The predicted molar refractivity (Wildman–Crippen MR) is 80.1 cm³/mol. The van der Waals surface area contributed by atoms with Gasteiger partial charge in [-0.05, 0) is 48.4 Å². The predicted octanol–water partition coefficient (Wildman–Crippen LogP) is 2.49. The number of hydrogen-bond donors (Lipinski definition) is 1. The first-order valence-electron chi connectivity index (χ1n) is 6.73. The van der Waals surface area contributed by atoms with Crippen LogP contribution in [0.2, 0.25) is 0 Å². The third-order valence-corrected chi connectivity index (χ3v) is 3.11. The average molecular weight is 286 g/mol. The minimum atomic E-state index is -0.0860. The molecule has 2 aromatic rings. The van der Waals surface area contributed by atoms with Crippen molar-refractivity contribution in [3.05, 3.63) is 59.7 Å². The topological polar surface area (TPSA) is 55.8 Å². The molecule has 0 unspecified atom stereocenters. The van der Waals surface area contributed by atoms with Crippen LogP contribution < -0.4 is 9.47 Å². The van der Waals surface area contributed by atoms with Gasteiger partial charge in [0.1, 0.15) is 11.5 Å². The summed E-state index contributed by atoms with van der Waals surface area (Å²) in [5.41, 5.74) is 1.62. The summed E-state index contributed by atoms with van der Waals surface area (Å²) in [6.07, 6.45) is 0.616. The van der Waals surface area contributed by atoms with Gasteiger partial charge in [0.2, 0.25) is 0 Å². The van der Waals surface area contributed by atoms with Crippen LogP contribution in [0.1, 0.15) is 15.9 Å². The second kappa shape index (κ2) is 7.45. The molecule has 0 saturated heterocycles. The zero-order valence-electron chi connectivity index (χ0n) is 11.9. The van der Waals surface area contributed by atoms with Gasteiger partial charge in [-0.1, -0.05) is 12.1 Å². The second-order valence-corrected chi connectivity index (χ2v) is 4.56. The van der Waals surface area contributed by atoms with Gasteiger partial charge in [0.05, 0.1) is 7.11 Å². The van der Waals surface area contributed by atoms with E-state index in [1.165, 1.54) is 0 Å². The van der Waals surface area contributed by atoms with E-state index in [9.17, 15) is 4.79 Å². The van der Waals surface area contributed by atoms with Crippen LogP contribution >= 0.6 is 0 Å². The van der Waals surface area contributed by atoms with Gasteiger partial charge in [-0.15, -0.1) is 0 Å². The summed E-state index contributed by atoms with van der Waals surface area (Å²) in [5, 5.41) is 8.84. The molecule has 0 aromatic heterocycles. The zero-order chi connectivity index (χ0) is 15.1. The summed E-state index contributed by atoms with van der Waals surface area (Å²) in [5.74, 6) is 1.27. The van der Waals surface area contributed by atoms with Crippen molar-refractivity contribution in [3.63, 3.8) is 0 Å². The molecule has 0 saturated carbocycles. The van der Waals surface area contributed by atoms with E-state index in [-0.39, 0.29) is 19.0 Å². The van der Waals surface area contributed by atoms with Crippen molar-refractivity contribution in [2.75, 3.05) is 20.3 Å². The third kappa shape index (κ3) is 4.33. The molecule has 0 aliphatic heterocycles. The van der Waals surface area contributed by atoms with Crippen LogP contribution in [0.25, 0.3) is 0 Å². The van der Waals surface area contributed by atoms with Crippen LogP contribution in [-0.2, 0) is 6.42 Å². The maximum absolute atomic E-state index is 12.0. The largest absolute Gasteiger partial charge is 0.497 e. The van der Waals surface area contributed by atoms with Gasteiger partial charge in [-0.3, -0.25) is 4.79 Å². The van der Waals surface area contributed by atoms with Crippen LogP contribution in [0.3, 0.4) is 0 Å². The lowest BCUT2D eigenvalue weighted by atomic mass is 10.1. The van der Waals surface area contributed by atoms with E-state index in [0.29, 0.717) is 23.5 Å². The Kier molecular flexibility index (Phi) is 5.35. The Balaban J connectivity index is 1.90. The highest BCUT2D eigenvalue weighted by atomic mass is 16.5. The van der Waals surface area contributed by atoms with Crippen molar-refractivity contribution in [3.8, 4) is 11.5 Å². The minimum absolute atomic E-state index is 0.00826. The number of ether oxygens (including phenoxy) is 2. The fraction of sp³-hybridized carbons (Fsp3) is 0.235. The lowest BCUT2D eigenvalue weighted by Crippen LogP contribution is -2.11. The number of aliphatic hydroxyl groups is 1. The number of ketones is 1. The van der Waals surface area contributed by atoms with E-state index < -0.39 is 0 Å². The van der Waals surface area contributed by atoms with Crippen LogP contribution in [0.4, 0.5) is 0 Å². The van der Waals surface area contributed by atoms with Gasteiger partial charge in [0, 0.05) is 12.2 Å². The highest BCUT2D eigenvalue weighted by molar-refractivity contribution is 5.97. The van der Waals surface area contributed by atoms with E-state index >= 15 is 0 Å². The molecule has 0 amide bonds. The SMILES string of the molecule is COc1ccc(C(=O)COc2ccc(CCO)cc2)cc1. The lowest BCUT2D eigenvalue weighted by Gasteiger charge is -2.07. The number of aliphatic hydroxyl groups excluding tert-OH is 1. The molecule has 0 aliphatic rings. The number of carbonyl (C=O) groups excluding carboxylic acids is 1. The normalized spacial score (nSPS) is 10.2. The molecule has 0 fully saturated rings. The Labute approximate surface area is 123 Å². The van der Waals surface area contributed by atoms with Crippen molar-refractivity contribution in [2.24, 2.45) is 0 Å². The van der Waals surface area contributed by atoms with Crippen LogP contribution in [0, 0.1) is 0 Å². The number of hydrogen-bond acceptors (Lipinski definition) is 4. The molecule has 0 radical (unpaired) electrons. The smallest absolute Gasteiger partial charge is 0.200 e. The lowest BCUT2D eigenvalue weighted by molar-refractivity contribution is 0.0921. The number of Topliss-reactive ketones (excluding diaryl/α,β-unsaturated/α-hetero) is 1. The monoisotopic (exact) mass is 286 g/mol. The number of benzene rings is 2. The van der Waals surface area contributed by atoms with Gasteiger partial charge in [0.25, 0.3) is 0 Å². The summed E-state index contributed by atoms with van der Waals surface area (Å²) >= 11 is 0. The molecular weight excluding hydrogens is 268 g/mol. The van der Waals surface area contributed by atoms with Crippen LogP contribution in [0.5, 0.6) is 11.5 Å². The number of rotatable bonds is 7. The number of carbonyl (C=O) groups is 1. The minimum Gasteiger partial charge on any atom is -0.497 e. The van der Waals surface area contributed by atoms with Gasteiger partial charge >= 0.3 is 0 Å². The van der Waals surface area contributed by atoms with E-state index in [2.05, 4.69) is 0 Å². The van der Waals surface area contributed by atoms with E-state index in [0.717, 1.165) is 5.56 Å². The summed E-state index contributed by atoms with van der Waals surface area (Å²) < 4.78 is 10.5. The molecule has 0 heterocycles. The molecule has 0 atom stereocenters. The third-order valence-electron chi connectivity index (χ3n) is 3.11. The maximum atomic E-state index is 12.0. The van der Waals surface area contributed by atoms with E-state index in [4.69, 9.17) is 14.6 Å². The fourth-order valence-electron chi connectivity index (χ4n) is 1.89. The number of methoxy groups -OCH3 is 1. The van der Waals surface area contributed by atoms with Crippen molar-refractivity contribution >= 4 is 5.78 Å². The quantitative estimate of drug-likeness (QED) is 0.795. The molecule has 4 heteroatoms. The second-order valence-electron chi connectivity index (χ2n) is 4.56. The van der Waals surface area contributed by atoms with Crippen molar-refractivity contribution in [1.82, 2.24) is 0 Å². The first-order valence-corrected chi connectivity index (χ1v) is 6.73. The molecule has 2 rings (SSSR count). The molecule has 4 nitrogen and oxygen atoms in total. The van der Waals surface area contributed by atoms with Gasteiger partial charge in [-0.2, -0.15) is 0 Å². The summed E-state index contributed by atoms with van der Waals surface area (Å²) in [6.45, 7) is 0.113. The van der Waals surface area contributed by atoms with Crippen LogP contribution in [0.15, 0.2) is 48.5 Å². The first-order chi connectivity index (χ1) is 10.2. The highest BCUT2D eigenvalue weighted by Crippen LogP contribution is 2.15. The Hall–Kier alpha value is -2.33. The average Bonchev–Trinajstić information content (AvgIpc) is 2.54. The van der Waals surface area contributed by atoms with Crippen molar-refractivity contribution in [1.29, 1.82) is 0 Å². The molecule has 2 aromatic carbocycles. The Bertz CT molecular complexity index is 573. The van der Waals surface area contributed by atoms with Crippen LogP contribution in [-0.4, -0.2) is 31.2 Å².